The van der Waals surface area contributed by atoms with E-state index in [0.29, 0.717) is 32.4 Å². The summed E-state index contributed by atoms with van der Waals surface area (Å²) < 4.78 is 0. The first-order valence-electron chi connectivity index (χ1n) is 7.02. The third kappa shape index (κ3) is 3.18. The maximum absolute atomic E-state index is 12.4. The van der Waals surface area contributed by atoms with Crippen molar-refractivity contribution in [3.8, 4) is 0 Å². The van der Waals surface area contributed by atoms with E-state index >= 15 is 0 Å². The van der Waals surface area contributed by atoms with Crippen molar-refractivity contribution in [1.29, 1.82) is 0 Å². The zero-order valence-corrected chi connectivity index (χ0v) is 11.1. The van der Waals surface area contributed by atoms with Crippen molar-refractivity contribution < 1.29 is 19.8 Å². The van der Waals surface area contributed by atoms with Gasteiger partial charge in [-0.2, -0.15) is 0 Å². The Morgan fingerprint density at radius 3 is 2.37 bits per heavy atom. The number of hydrogen-bond acceptors (Lipinski definition) is 3. The van der Waals surface area contributed by atoms with E-state index in [9.17, 15) is 9.59 Å². The minimum Gasteiger partial charge on any atom is -0.481 e. The fourth-order valence-corrected chi connectivity index (χ4v) is 3.04. The van der Waals surface area contributed by atoms with Crippen LogP contribution in [0, 0.1) is 5.92 Å². The highest BCUT2D eigenvalue weighted by atomic mass is 16.4. The number of carboxylic acids is 1. The Balaban J connectivity index is 1.88. The van der Waals surface area contributed by atoms with Crippen molar-refractivity contribution >= 4 is 12.0 Å². The second kappa shape index (κ2) is 6.23. The molecule has 1 atom stereocenters. The summed E-state index contributed by atoms with van der Waals surface area (Å²) in [6, 6.07) is 0.162. The molecular weight excluding hydrogens is 248 g/mol. The highest BCUT2D eigenvalue weighted by Crippen LogP contribution is 2.24. The Kier molecular flexibility index (Phi) is 4.63. The molecule has 2 saturated heterocycles. The quantitative estimate of drug-likeness (QED) is 0.793. The average Bonchev–Trinajstić information content (AvgIpc) is 2.87. The van der Waals surface area contributed by atoms with Crippen LogP contribution in [0.15, 0.2) is 0 Å². The fraction of sp³-hybridized carbons (Fsp3) is 0.846. The number of piperidine rings is 1. The second-order valence-corrected chi connectivity index (χ2v) is 5.38. The molecule has 6 nitrogen and oxygen atoms in total. The number of nitrogens with zero attached hydrogens (tertiary/aromatic N) is 2. The summed E-state index contributed by atoms with van der Waals surface area (Å²) >= 11 is 0. The Labute approximate surface area is 113 Å². The van der Waals surface area contributed by atoms with Crippen LogP contribution in [0.25, 0.3) is 0 Å². The molecule has 6 heteroatoms. The van der Waals surface area contributed by atoms with Crippen molar-refractivity contribution in [2.24, 2.45) is 5.92 Å². The van der Waals surface area contributed by atoms with E-state index in [-0.39, 0.29) is 24.6 Å². The summed E-state index contributed by atoms with van der Waals surface area (Å²) in [5, 5.41) is 18.0. The van der Waals surface area contributed by atoms with Gasteiger partial charge in [0.15, 0.2) is 0 Å². The van der Waals surface area contributed by atoms with Crippen LogP contribution < -0.4 is 0 Å². The lowest BCUT2D eigenvalue weighted by Crippen LogP contribution is -2.49. The molecule has 1 unspecified atom stereocenters. The number of amides is 2. The first-order chi connectivity index (χ1) is 9.13. The molecule has 0 aliphatic carbocycles. The van der Waals surface area contributed by atoms with E-state index in [4.69, 9.17) is 10.2 Å². The van der Waals surface area contributed by atoms with E-state index in [2.05, 4.69) is 0 Å². The Hall–Kier alpha value is -1.30. The molecule has 0 aromatic heterocycles. The number of hydrogen-bond donors (Lipinski definition) is 2. The molecule has 2 rings (SSSR count). The summed E-state index contributed by atoms with van der Waals surface area (Å²) in [6.07, 6.45) is 3.66. The van der Waals surface area contributed by atoms with Crippen molar-refractivity contribution in [1.82, 2.24) is 9.80 Å². The van der Waals surface area contributed by atoms with Crippen LogP contribution in [-0.4, -0.2) is 64.3 Å². The molecule has 0 radical (unpaired) electrons. The largest absolute Gasteiger partial charge is 0.481 e. The SMILES string of the molecule is O=C(O)C1CCN(C(=O)N2CCCC2CCO)CC1. The number of aliphatic carboxylic acids is 1. The van der Waals surface area contributed by atoms with Gasteiger partial charge in [0, 0.05) is 32.3 Å². The zero-order chi connectivity index (χ0) is 13.8. The predicted octanol–water partition coefficient (Wildman–Crippen LogP) is 0.750. The van der Waals surface area contributed by atoms with Crippen LogP contribution >= 0.6 is 0 Å². The number of carboxylic acid groups (broad SMARTS) is 1. The maximum Gasteiger partial charge on any atom is 0.320 e. The van der Waals surface area contributed by atoms with Gasteiger partial charge in [0.25, 0.3) is 0 Å². The number of rotatable bonds is 3. The van der Waals surface area contributed by atoms with Gasteiger partial charge in [0.1, 0.15) is 0 Å². The third-order valence-corrected chi connectivity index (χ3v) is 4.20. The second-order valence-electron chi connectivity index (χ2n) is 5.38. The highest BCUT2D eigenvalue weighted by molar-refractivity contribution is 5.76. The molecule has 2 heterocycles. The van der Waals surface area contributed by atoms with Crippen molar-refractivity contribution in [2.45, 2.75) is 38.1 Å². The Morgan fingerprint density at radius 2 is 1.79 bits per heavy atom. The maximum atomic E-state index is 12.4. The first kappa shape index (κ1) is 14.1. The molecule has 2 N–H and O–H groups in total. The Morgan fingerprint density at radius 1 is 1.11 bits per heavy atom. The van der Waals surface area contributed by atoms with Gasteiger partial charge < -0.3 is 20.0 Å². The third-order valence-electron chi connectivity index (χ3n) is 4.20. The average molecular weight is 270 g/mol. The molecule has 19 heavy (non-hydrogen) atoms. The van der Waals surface area contributed by atoms with E-state index in [1.165, 1.54) is 0 Å². The van der Waals surface area contributed by atoms with Gasteiger partial charge in [-0.25, -0.2) is 4.79 Å². The van der Waals surface area contributed by atoms with Gasteiger partial charge >= 0.3 is 12.0 Å². The van der Waals surface area contributed by atoms with Crippen molar-refractivity contribution in [3.05, 3.63) is 0 Å². The van der Waals surface area contributed by atoms with E-state index in [1.54, 1.807) is 4.90 Å². The summed E-state index contributed by atoms with van der Waals surface area (Å²) in [6.45, 7) is 1.91. The van der Waals surface area contributed by atoms with Gasteiger partial charge in [-0.1, -0.05) is 0 Å². The van der Waals surface area contributed by atoms with Crippen LogP contribution in [0.2, 0.25) is 0 Å². The normalized spacial score (nSPS) is 24.8. The van der Waals surface area contributed by atoms with Gasteiger partial charge in [0.2, 0.25) is 0 Å². The molecule has 2 aliphatic heterocycles. The lowest BCUT2D eigenvalue weighted by atomic mass is 9.97. The predicted molar refractivity (Wildman–Crippen MR) is 68.8 cm³/mol. The highest BCUT2D eigenvalue weighted by Gasteiger charge is 2.34. The zero-order valence-electron chi connectivity index (χ0n) is 11.1. The van der Waals surface area contributed by atoms with Crippen molar-refractivity contribution in [3.63, 3.8) is 0 Å². The monoisotopic (exact) mass is 270 g/mol. The minimum absolute atomic E-state index is 0.0137. The van der Waals surface area contributed by atoms with E-state index in [0.717, 1.165) is 19.4 Å². The summed E-state index contributed by atoms with van der Waals surface area (Å²) in [4.78, 5) is 26.9. The standard InChI is InChI=1S/C13H22N2O4/c16-9-5-11-2-1-6-15(11)13(19)14-7-3-10(4-8-14)12(17)18/h10-11,16H,1-9H2,(H,17,18). The van der Waals surface area contributed by atoms with Crippen LogP contribution in [-0.2, 0) is 4.79 Å². The summed E-state index contributed by atoms with van der Waals surface area (Å²) in [5.74, 6) is -1.07. The van der Waals surface area contributed by atoms with Gasteiger partial charge in [-0.3, -0.25) is 4.79 Å². The number of likely N-dealkylation sites (tertiary alicyclic amines) is 2. The molecule has 0 aromatic rings. The van der Waals surface area contributed by atoms with Crippen molar-refractivity contribution in [2.75, 3.05) is 26.2 Å². The fourth-order valence-electron chi connectivity index (χ4n) is 3.04. The van der Waals surface area contributed by atoms with E-state index in [1.807, 2.05) is 4.90 Å². The lowest BCUT2D eigenvalue weighted by Gasteiger charge is -2.35. The van der Waals surface area contributed by atoms with Crippen LogP contribution in [0.5, 0.6) is 0 Å². The Bertz CT molecular complexity index is 340. The molecule has 2 aliphatic rings. The number of carbonyl (C=O) groups is 2. The molecule has 0 aromatic carbocycles. The van der Waals surface area contributed by atoms with E-state index < -0.39 is 5.97 Å². The topological polar surface area (TPSA) is 81.1 Å². The molecular formula is C13H22N2O4. The van der Waals surface area contributed by atoms with Gasteiger partial charge in [-0.15, -0.1) is 0 Å². The molecule has 0 bridgehead atoms. The van der Waals surface area contributed by atoms with Gasteiger partial charge in [0.05, 0.1) is 5.92 Å². The lowest BCUT2D eigenvalue weighted by molar-refractivity contribution is -0.143. The molecule has 2 amide bonds. The number of urea groups is 1. The summed E-state index contributed by atoms with van der Waals surface area (Å²) in [5.41, 5.74) is 0. The first-order valence-corrected chi connectivity index (χ1v) is 7.02. The van der Waals surface area contributed by atoms with Crippen LogP contribution in [0.3, 0.4) is 0 Å². The molecule has 2 fully saturated rings. The van der Waals surface area contributed by atoms with Crippen LogP contribution in [0.1, 0.15) is 32.1 Å². The van der Waals surface area contributed by atoms with Crippen LogP contribution in [0.4, 0.5) is 4.79 Å². The number of aliphatic hydroxyl groups is 1. The molecule has 0 saturated carbocycles. The summed E-state index contributed by atoms with van der Waals surface area (Å²) in [7, 11) is 0. The van der Waals surface area contributed by atoms with Gasteiger partial charge in [-0.05, 0) is 32.1 Å². The molecule has 108 valence electrons. The minimum atomic E-state index is -0.758. The number of aliphatic hydroxyl groups excluding tert-OH is 1. The number of carbonyl (C=O) groups excluding carboxylic acids is 1. The molecule has 0 spiro atoms. The smallest absolute Gasteiger partial charge is 0.320 e.